The van der Waals surface area contributed by atoms with Crippen molar-refractivity contribution < 1.29 is 4.79 Å². The Labute approximate surface area is 157 Å². The number of carbonyl (C=O) groups is 1. The van der Waals surface area contributed by atoms with Crippen molar-refractivity contribution in [1.29, 1.82) is 0 Å². The number of benzene rings is 2. The van der Waals surface area contributed by atoms with Crippen LogP contribution in [0.5, 0.6) is 0 Å². The third kappa shape index (κ3) is 5.29. The second-order valence-electron chi connectivity index (χ2n) is 5.78. The van der Waals surface area contributed by atoms with Gasteiger partial charge in [-0.1, -0.05) is 54.1 Å². The van der Waals surface area contributed by atoms with Crippen LogP contribution in [0.2, 0.25) is 5.02 Å². The van der Waals surface area contributed by atoms with E-state index in [-0.39, 0.29) is 5.91 Å². The molecule has 0 saturated heterocycles. The number of halogens is 1. The number of hydrogen-bond donors (Lipinski definition) is 2. The maximum atomic E-state index is 12.1. The first-order valence-corrected chi connectivity index (χ1v) is 8.73. The van der Waals surface area contributed by atoms with E-state index in [0.29, 0.717) is 24.6 Å². The van der Waals surface area contributed by atoms with Crippen LogP contribution in [0, 0.1) is 0 Å². The van der Waals surface area contributed by atoms with Gasteiger partial charge in [0.1, 0.15) is 5.82 Å². The lowest BCUT2D eigenvalue weighted by atomic mass is 10.1. The molecule has 2 N–H and O–H groups in total. The molecule has 5 nitrogen and oxygen atoms in total. The fraction of sp³-hybridized carbons (Fsp3) is 0.150. The summed E-state index contributed by atoms with van der Waals surface area (Å²) >= 11 is 5.97. The first-order chi connectivity index (χ1) is 12.7. The summed E-state index contributed by atoms with van der Waals surface area (Å²) in [6, 6.07) is 20.9. The minimum atomic E-state index is -0.244. The topological polar surface area (TPSA) is 66.9 Å². The molecule has 0 saturated carbocycles. The van der Waals surface area contributed by atoms with Gasteiger partial charge >= 0.3 is 0 Å². The molecule has 1 heterocycles. The van der Waals surface area contributed by atoms with Crippen LogP contribution < -0.4 is 10.6 Å². The predicted molar refractivity (Wildman–Crippen MR) is 103 cm³/mol. The van der Waals surface area contributed by atoms with Crippen molar-refractivity contribution in [2.24, 2.45) is 0 Å². The van der Waals surface area contributed by atoms with Gasteiger partial charge in [0.25, 0.3) is 5.91 Å². The Morgan fingerprint density at radius 1 is 0.923 bits per heavy atom. The quantitative estimate of drug-likeness (QED) is 0.668. The molecule has 0 aliphatic heterocycles. The van der Waals surface area contributed by atoms with Crippen LogP contribution in [0.25, 0.3) is 0 Å². The largest absolute Gasteiger partial charge is 0.368 e. The number of nitrogens with zero attached hydrogens (tertiary/aromatic N) is 2. The summed E-state index contributed by atoms with van der Waals surface area (Å²) in [5.41, 5.74) is 2.48. The molecule has 0 fully saturated rings. The maximum absolute atomic E-state index is 12.1. The van der Waals surface area contributed by atoms with Crippen molar-refractivity contribution in [3.05, 3.63) is 88.6 Å². The van der Waals surface area contributed by atoms with E-state index >= 15 is 0 Å². The Morgan fingerprint density at radius 2 is 1.73 bits per heavy atom. The molecule has 26 heavy (non-hydrogen) atoms. The van der Waals surface area contributed by atoms with Gasteiger partial charge in [0.15, 0.2) is 5.69 Å². The fourth-order valence-electron chi connectivity index (χ4n) is 2.44. The van der Waals surface area contributed by atoms with Crippen LogP contribution in [0.3, 0.4) is 0 Å². The van der Waals surface area contributed by atoms with Crippen LogP contribution >= 0.6 is 11.6 Å². The van der Waals surface area contributed by atoms with E-state index in [4.69, 9.17) is 11.6 Å². The first-order valence-electron chi connectivity index (χ1n) is 8.35. The highest BCUT2D eigenvalue weighted by molar-refractivity contribution is 6.30. The molecule has 1 aromatic heterocycles. The smallest absolute Gasteiger partial charge is 0.272 e. The molecule has 0 aliphatic carbocycles. The highest BCUT2D eigenvalue weighted by Gasteiger charge is 2.07. The van der Waals surface area contributed by atoms with Crippen molar-refractivity contribution in [3.63, 3.8) is 0 Å². The molecule has 0 radical (unpaired) electrons. The molecular weight excluding hydrogens is 348 g/mol. The van der Waals surface area contributed by atoms with E-state index in [9.17, 15) is 4.79 Å². The minimum absolute atomic E-state index is 0.244. The van der Waals surface area contributed by atoms with Crippen molar-refractivity contribution in [2.75, 3.05) is 11.9 Å². The molecule has 0 unspecified atom stereocenters. The summed E-state index contributed by atoms with van der Waals surface area (Å²) in [4.78, 5) is 12.1. The Kier molecular flexibility index (Phi) is 6.17. The zero-order valence-electron chi connectivity index (χ0n) is 14.2. The van der Waals surface area contributed by atoms with E-state index in [2.05, 4.69) is 20.8 Å². The van der Waals surface area contributed by atoms with Crippen molar-refractivity contribution in [2.45, 2.75) is 13.0 Å². The fourth-order valence-corrected chi connectivity index (χ4v) is 2.66. The molecule has 1 amide bonds. The molecule has 6 heteroatoms. The molecule has 2 aromatic carbocycles. The van der Waals surface area contributed by atoms with Crippen LogP contribution in [-0.2, 0) is 13.0 Å². The lowest BCUT2D eigenvalue weighted by molar-refractivity contribution is 0.0945. The van der Waals surface area contributed by atoms with Gasteiger partial charge in [-0.05, 0) is 41.8 Å². The highest BCUT2D eigenvalue weighted by Crippen LogP contribution is 2.11. The maximum Gasteiger partial charge on any atom is 0.272 e. The normalized spacial score (nSPS) is 10.3. The van der Waals surface area contributed by atoms with Crippen molar-refractivity contribution in [1.82, 2.24) is 15.5 Å². The second-order valence-corrected chi connectivity index (χ2v) is 6.22. The lowest BCUT2D eigenvalue weighted by Gasteiger charge is -2.07. The molecule has 132 valence electrons. The van der Waals surface area contributed by atoms with Gasteiger partial charge < -0.3 is 10.6 Å². The Morgan fingerprint density at radius 3 is 2.46 bits per heavy atom. The monoisotopic (exact) mass is 366 g/mol. The Hall–Kier alpha value is -2.92. The van der Waals surface area contributed by atoms with Gasteiger partial charge in [-0.2, -0.15) is 0 Å². The summed E-state index contributed by atoms with van der Waals surface area (Å²) in [6.07, 6.45) is 0.821. The number of amides is 1. The number of hydrogen-bond acceptors (Lipinski definition) is 4. The van der Waals surface area contributed by atoms with Crippen LogP contribution in [-0.4, -0.2) is 22.6 Å². The standard InChI is InChI=1S/C20H19ClN4O/c21-17-8-4-7-15(13-17)11-12-22-19-10-9-18(24-25-19)20(26)23-14-16-5-2-1-3-6-16/h1-10,13H,11-12,14H2,(H,22,25)(H,23,26). The third-order valence-corrected chi connectivity index (χ3v) is 4.04. The average Bonchev–Trinajstić information content (AvgIpc) is 2.67. The summed E-state index contributed by atoms with van der Waals surface area (Å²) in [5.74, 6) is 0.387. The van der Waals surface area contributed by atoms with Crippen molar-refractivity contribution in [3.8, 4) is 0 Å². The Bertz CT molecular complexity index is 853. The zero-order chi connectivity index (χ0) is 18.2. The van der Waals surface area contributed by atoms with Gasteiger partial charge in [0, 0.05) is 18.1 Å². The molecule has 0 spiro atoms. The van der Waals surface area contributed by atoms with Gasteiger partial charge in [-0.15, -0.1) is 10.2 Å². The summed E-state index contributed by atoms with van der Waals surface area (Å²) in [5, 5.41) is 14.8. The molecule has 3 aromatic rings. The summed E-state index contributed by atoms with van der Waals surface area (Å²) in [6.45, 7) is 1.16. The van der Waals surface area contributed by atoms with Crippen molar-refractivity contribution >= 4 is 23.3 Å². The average molecular weight is 367 g/mol. The number of anilines is 1. The summed E-state index contributed by atoms with van der Waals surface area (Å²) in [7, 11) is 0. The third-order valence-electron chi connectivity index (χ3n) is 3.80. The number of nitrogens with one attached hydrogen (secondary N) is 2. The van der Waals surface area contributed by atoms with E-state index in [0.717, 1.165) is 22.6 Å². The number of aromatic nitrogens is 2. The van der Waals surface area contributed by atoms with Crippen LogP contribution in [0.4, 0.5) is 5.82 Å². The molecular formula is C20H19ClN4O. The highest BCUT2D eigenvalue weighted by atomic mass is 35.5. The van der Waals surface area contributed by atoms with Gasteiger partial charge in [-0.3, -0.25) is 4.79 Å². The number of carbonyl (C=O) groups excluding carboxylic acids is 1. The molecule has 0 atom stereocenters. The SMILES string of the molecule is O=C(NCc1ccccc1)c1ccc(NCCc2cccc(Cl)c2)nn1. The van der Waals surface area contributed by atoms with E-state index < -0.39 is 0 Å². The lowest BCUT2D eigenvalue weighted by Crippen LogP contribution is -2.24. The molecule has 0 bridgehead atoms. The predicted octanol–water partition coefficient (Wildman–Crippen LogP) is 3.71. The minimum Gasteiger partial charge on any atom is -0.368 e. The van der Waals surface area contributed by atoms with E-state index in [1.165, 1.54) is 0 Å². The van der Waals surface area contributed by atoms with Gasteiger partial charge in [0.05, 0.1) is 0 Å². The van der Waals surface area contributed by atoms with Gasteiger partial charge in [-0.25, -0.2) is 0 Å². The number of rotatable bonds is 7. The molecule has 0 aliphatic rings. The zero-order valence-corrected chi connectivity index (χ0v) is 14.9. The first kappa shape index (κ1) is 17.9. The van der Waals surface area contributed by atoms with E-state index in [1.54, 1.807) is 12.1 Å². The van der Waals surface area contributed by atoms with Crippen LogP contribution in [0.15, 0.2) is 66.7 Å². The van der Waals surface area contributed by atoms with Gasteiger partial charge in [0.2, 0.25) is 0 Å². The second kappa shape index (κ2) is 8.97. The van der Waals surface area contributed by atoms with Crippen LogP contribution in [0.1, 0.15) is 21.6 Å². The Balaban J connectivity index is 1.47. The van der Waals surface area contributed by atoms with E-state index in [1.807, 2.05) is 54.6 Å². The summed E-state index contributed by atoms with van der Waals surface area (Å²) < 4.78 is 0. The molecule has 3 rings (SSSR count).